The van der Waals surface area contributed by atoms with Crippen molar-refractivity contribution in [3.63, 3.8) is 0 Å². The third kappa shape index (κ3) is 2.21. The van der Waals surface area contributed by atoms with Gasteiger partial charge in [-0.2, -0.15) is 5.10 Å². The number of rotatable bonds is 3. The highest BCUT2D eigenvalue weighted by atomic mass is 79.9. The highest BCUT2D eigenvalue weighted by molar-refractivity contribution is 9.10. The first-order valence-electron chi connectivity index (χ1n) is 5.22. The molecule has 0 amide bonds. The molecular formula is C12H10BrN3S. The fraction of sp³-hybridized carbons (Fsp3) is 0.0833. The van der Waals surface area contributed by atoms with Crippen molar-refractivity contribution < 1.29 is 0 Å². The second kappa shape index (κ2) is 4.50. The van der Waals surface area contributed by atoms with E-state index in [0.29, 0.717) is 0 Å². The Morgan fingerprint density at radius 3 is 3.18 bits per heavy atom. The van der Waals surface area contributed by atoms with E-state index in [0.717, 1.165) is 27.6 Å². The summed E-state index contributed by atoms with van der Waals surface area (Å²) in [5.41, 5.74) is 2.13. The Bertz CT molecular complexity index is 630. The predicted octanol–water partition coefficient (Wildman–Crippen LogP) is 4.00. The van der Waals surface area contributed by atoms with Crippen molar-refractivity contribution in [2.45, 2.75) is 6.54 Å². The third-order valence-electron chi connectivity index (χ3n) is 2.56. The highest BCUT2D eigenvalue weighted by Crippen LogP contribution is 2.28. The van der Waals surface area contributed by atoms with E-state index in [9.17, 15) is 0 Å². The van der Waals surface area contributed by atoms with Crippen LogP contribution >= 0.6 is 27.3 Å². The number of halogens is 1. The lowest BCUT2D eigenvalue weighted by Gasteiger charge is -2.07. The SMILES string of the molecule is Brc1cc2[nH]ncc2cc1NCc1cccs1. The number of hydrogen-bond acceptors (Lipinski definition) is 3. The third-order valence-corrected chi connectivity index (χ3v) is 4.09. The molecule has 0 aliphatic carbocycles. The Balaban J connectivity index is 1.86. The maximum absolute atomic E-state index is 4.02. The monoisotopic (exact) mass is 307 g/mol. The Morgan fingerprint density at radius 1 is 1.41 bits per heavy atom. The van der Waals surface area contributed by atoms with E-state index >= 15 is 0 Å². The maximum atomic E-state index is 4.02. The normalized spacial score (nSPS) is 10.9. The van der Waals surface area contributed by atoms with Gasteiger partial charge in [0.2, 0.25) is 0 Å². The van der Waals surface area contributed by atoms with Crippen LogP contribution in [0, 0.1) is 0 Å². The molecule has 0 aliphatic heterocycles. The molecule has 0 saturated carbocycles. The van der Waals surface area contributed by atoms with Crippen LogP contribution in [0.2, 0.25) is 0 Å². The lowest BCUT2D eigenvalue weighted by Crippen LogP contribution is -1.97. The van der Waals surface area contributed by atoms with Crippen LogP contribution in [0.3, 0.4) is 0 Å². The molecule has 3 aromatic rings. The molecule has 3 nitrogen and oxygen atoms in total. The maximum Gasteiger partial charge on any atom is 0.0663 e. The molecule has 0 fully saturated rings. The van der Waals surface area contributed by atoms with Crippen LogP contribution in [0.25, 0.3) is 10.9 Å². The van der Waals surface area contributed by atoms with Crippen LogP contribution in [0.5, 0.6) is 0 Å². The zero-order valence-corrected chi connectivity index (χ0v) is 11.3. The first-order valence-corrected chi connectivity index (χ1v) is 6.89. The molecule has 17 heavy (non-hydrogen) atoms. The van der Waals surface area contributed by atoms with Crippen LogP contribution in [-0.4, -0.2) is 10.2 Å². The minimum atomic E-state index is 0.847. The second-order valence-corrected chi connectivity index (χ2v) is 5.61. The van der Waals surface area contributed by atoms with Crippen LogP contribution in [0.1, 0.15) is 4.88 Å². The van der Waals surface area contributed by atoms with Gasteiger partial charge in [-0.3, -0.25) is 5.10 Å². The van der Waals surface area contributed by atoms with Gasteiger partial charge in [0.15, 0.2) is 0 Å². The summed E-state index contributed by atoms with van der Waals surface area (Å²) in [7, 11) is 0. The van der Waals surface area contributed by atoms with Crippen molar-refractivity contribution >= 4 is 43.9 Å². The van der Waals surface area contributed by atoms with E-state index in [1.807, 2.05) is 12.3 Å². The van der Waals surface area contributed by atoms with Crippen LogP contribution in [0.15, 0.2) is 40.3 Å². The van der Waals surface area contributed by atoms with Gasteiger partial charge in [-0.15, -0.1) is 11.3 Å². The highest BCUT2D eigenvalue weighted by Gasteiger charge is 2.04. The van der Waals surface area contributed by atoms with Gasteiger partial charge in [0.05, 0.1) is 11.7 Å². The molecule has 2 N–H and O–H groups in total. The number of aromatic nitrogens is 2. The molecule has 86 valence electrons. The average Bonchev–Trinajstić information content (AvgIpc) is 2.95. The summed E-state index contributed by atoms with van der Waals surface area (Å²) < 4.78 is 1.05. The Kier molecular flexibility index (Phi) is 2.86. The second-order valence-electron chi connectivity index (χ2n) is 3.72. The van der Waals surface area contributed by atoms with Gasteiger partial charge < -0.3 is 5.32 Å². The first-order chi connectivity index (χ1) is 8.33. The molecule has 0 aliphatic rings. The van der Waals surface area contributed by atoms with E-state index in [-0.39, 0.29) is 0 Å². The van der Waals surface area contributed by atoms with Gasteiger partial charge in [0.1, 0.15) is 0 Å². The van der Waals surface area contributed by atoms with Crippen molar-refractivity contribution in [1.29, 1.82) is 0 Å². The van der Waals surface area contributed by atoms with Gasteiger partial charge in [0, 0.05) is 27.0 Å². The Hall–Kier alpha value is -1.33. The van der Waals surface area contributed by atoms with E-state index in [4.69, 9.17) is 0 Å². The van der Waals surface area contributed by atoms with Gasteiger partial charge in [-0.25, -0.2) is 0 Å². The minimum Gasteiger partial charge on any atom is -0.379 e. The topological polar surface area (TPSA) is 40.7 Å². The van der Waals surface area contributed by atoms with Crippen molar-refractivity contribution in [3.8, 4) is 0 Å². The van der Waals surface area contributed by atoms with Crippen molar-refractivity contribution in [3.05, 3.63) is 45.2 Å². The number of anilines is 1. The quantitative estimate of drug-likeness (QED) is 0.768. The number of benzene rings is 1. The number of nitrogens with zero attached hydrogens (tertiary/aromatic N) is 1. The molecule has 1 aromatic carbocycles. The molecule has 2 heterocycles. The molecule has 0 atom stereocenters. The number of H-pyrrole nitrogens is 1. The smallest absolute Gasteiger partial charge is 0.0663 e. The Labute approximate surface area is 111 Å². The minimum absolute atomic E-state index is 0.847. The summed E-state index contributed by atoms with van der Waals surface area (Å²) in [4.78, 5) is 1.32. The van der Waals surface area contributed by atoms with E-state index in [1.165, 1.54) is 4.88 Å². The zero-order chi connectivity index (χ0) is 11.7. The molecule has 0 unspecified atom stereocenters. The first kappa shape index (κ1) is 10.8. The van der Waals surface area contributed by atoms with E-state index in [2.05, 4.69) is 55.0 Å². The van der Waals surface area contributed by atoms with Crippen molar-refractivity contribution in [2.75, 3.05) is 5.32 Å². The van der Waals surface area contributed by atoms with E-state index < -0.39 is 0 Å². The van der Waals surface area contributed by atoms with Crippen LogP contribution in [0.4, 0.5) is 5.69 Å². The molecule has 2 aromatic heterocycles. The van der Waals surface area contributed by atoms with Gasteiger partial charge >= 0.3 is 0 Å². The fourth-order valence-electron chi connectivity index (χ4n) is 1.70. The number of hydrogen-bond donors (Lipinski definition) is 2. The lowest BCUT2D eigenvalue weighted by molar-refractivity contribution is 1.12. The summed E-state index contributed by atoms with van der Waals surface area (Å²) >= 11 is 5.32. The summed E-state index contributed by atoms with van der Waals surface area (Å²) in [5, 5.41) is 13.6. The standard InChI is InChI=1S/C12H10BrN3S/c13-10-5-11-8(6-15-16-11)4-12(10)14-7-9-2-1-3-17-9/h1-6,14H,7H2,(H,15,16). The van der Waals surface area contributed by atoms with Crippen LogP contribution in [-0.2, 0) is 6.54 Å². The lowest BCUT2D eigenvalue weighted by atomic mass is 10.2. The molecule has 5 heteroatoms. The number of aromatic amines is 1. The van der Waals surface area contributed by atoms with Gasteiger partial charge in [0.25, 0.3) is 0 Å². The molecule has 0 saturated heterocycles. The van der Waals surface area contributed by atoms with E-state index in [1.54, 1.807) is 11.3 Å². The molecule has 0 bridgehead atoms. The molecule has 3 rings (SSSR count). The predicted molar refractivity (Wildman–Crippen MR) is 75.4 cm³/mol. The molecule has 0 spiro atoms. The number of nitrogens with one attached hydrogen (secondary N) is 2. The Morgan fingerprint density at radius 2 is 2.35 bits per heavy atom. The van der Waals surface area contributed by atoms with Crippen molar-refractivity contribution in [2.24, 2.45) is 0 Å². The summed E-state index contributed by atoms with van der Waals surface area (Å²) in [6.07, 6.45) is 1.83. The van der Waals surface area contributed by atoms with Gasteiger partial charge in [-0.05, 0) is 39.5 Å². The largest absolute Gasteiger partial charge is 0.379 e. The van der Waals surface area contributed by atoms with Crippen molar-refractivity contribution in [1.82, 2.24) is 10.2 Å². The zero-order valence-electron chi connectivity index (χ0n) is 8.90. The summed E-state index contributed by atoms with van der Waals surface area (Å²) in [6, 6.07) is 8.33. The van der Waals surface area contributed by atoms with Crippen LogP contribution < -0.4 is 5.32 Å². The number of thiophene rings is 1. The number of fused-ring (bicyclic) bond motifs is 1. The fourth-order valence-corrected chi connectivity index (χ4v) is 2.82. The molecule has 0 radical (unpaired) electrons. The average molecular weight is 308 g/mol. The summed E-state index contributed by atoms with van der Waals surface area (Å²) in [5.74, 6) is 0. The molecular weight excluding hydrogens is 298 g/mol. The van der Waals surface area contributed by atoms with Gasteiger partial charge in [-0.1, -0.05) is 6.07 Å². The summed E-state index contributed by atoms with van der Waals surface area (Å²) in [6.45, 7) is 0.847.